The Morgan fingerprint density at radius 2 is 2.05 bits per heavy atom. The average Bonchev–Trinajstić information content (AvgIpc) is 2.87. The van der Waals surface area contributed by atoms with Crippen LogP contribution in [0.15, 0.2) is 18.2 Å². The van der Waals surface area contributed by atoms with Crippen LogP contribution in [0.1, 0.15) is 23.2 Å². The third kappa shape index (κ3) is 2.99. The van der Waals surface area contributed by atoms with Crippen LogP contribution in [0.2, 0.25) is 0 Å². The molecule has 0 saturated heterocycles. The molecule has 2 aromatic rings. The summed E-state index contributed by atoms with van der Waals surface area (Å²) in [6, 6.07) is 8.44. The predicted molar refractivity (Wildman–Crippen MR) is 80.4 cm³/mol. The highest BCUT2D eigenvalue weighted by Crippen LogP contribution is 2.22. The van der Waals surface area contributed by atoms with Gasteiger partial charge < -0.3 is 10.6 Å². The summed E-state index contributed by atoms with van der Waals surface area (Å²) in [6.07, 6.45) is 1.29. The van der Waals surface area contributed by atoms with E-state index in [1.165, 1.54) is 6.07 Å². The Hall–Kier alpha value is -3.06. The molecule has 6 nitrogen and oxygen atoms in total. The molecule has 1 aromatic heterocycles. The molecule has 0 aliphatic heterocycles. The van der Waals surface area contributed by atoms with Gasteiger partial charge in [-0.1, -0.05) is 6.07 Å². The van der Waals surface area contributed by atoms with E-state index in [1.807, 2.05) is 17.0 Å². The van der Waals surface area contributed by atoms with Gasteiger partial charge in [0.2, 0.25) is 0 Å². The number of nitrogens with two attached hydrogens (primary N) is 1. The molecule has 0 aliphatic rings. The number of rotatable bonds is 5. The Morgan fingerprint density at radius 1 is 1.32 bits per heavy atom. The number of benzene rings is 1. The number of hydrogen-bond donors (Lipinski definition) is 2. The quantitative estimate of drug-likeness (QED) is 0.877. The van der Waals surface area contributed by atoms with Crippen molar-refractivity contribution in [3.8, 4) is 12.1 Å². The Labute approximate surface area is 127 Å². The molecule has 0 spiro atoms. The smallest absolute Gasteiger partial charge is 0.163 e. The molecule has 0 atom stereocenters. The van der Waals surface area contributed by atoms with Gasteiger partial charge in [-0.05, 0) is 25.0 Å². The summed E-state index contributed by atoms with van der Waals surface area (Å²) in [5, 5.41) is 24.6. The van der Waals surface area contributed by atoms with Gasteiger partial charge in [0.25, 0.3) is 0 Å². The first-order chi connectivity index (χ1) is 10.6. The summed E-state index contributed by atoms with van der Waals surface area (Å²) in [4.78, 5) is 1.81. The van der Waals surface area contributed by atoms with Crippen LogP contribution >= 0.6 is 0 Å². The van der Waals surface area contributed by atoms with Gasteiger partial charge in [-0.3, -0.25) is 5.10 Å². The van der Waals surface area contributed by atoms with Crippen LogP contribution in [0.3, 0.4) is 0 Å². The number of H-pyrrole nitrogens is 1. The van der Waals surface area contributed by atoms with E-state index in [9.17, 15) is 4.39 Å². The van der Waals surface area contributed by atoms with E-state index in [1.54, 1.807) is 19.2 Å². The van der Waals surface area contributed by atoms with Gasteiger partial charge in [0.15, 0.2) is 5.82 Å². The summed E-state index contributed by atoms with van der Waals surface area (Å²) in [7, 11) is 1.79. The Morgan fingerprint density at radius 3 is 2.73 bits per heavy atom. The van der Waals surface area contributed by atoms with Gasteiger partial charge in [0, 0.05) is 13.6 Å². The van der Waals surface area contributed by atoms with Crippen molar-refractivity contribution in [1.29, 1.82) is 10.5 Å². The number of aromatic amines is 1. The highest BCUT2D eigenvalue weighted by atomic mass is 19.1. The summed E-state index contributed by atoms with van der Waals surface area (Å²) in [5.41, 5.74) is 7.21. The first-order valence-electron chi connectivity index (χ1n) is 6.71. The van der Waals surface area contributed by atoms with Gasteiger partial charge in [-0.2, -0.15) is 15.6 Å². The van der Waals surface area contributed by atoms with Crippen molar-refractivity contribution in [2.75, 3.05) is 24.2 Å². The summed E-state index contributed by atoms with van der Waals surface area (Å²) < 4.78 is 13.6. The Balaban J connectivity index is 2.02. The van der Waals surface area contributed by atoms with Gasteiger partial charge in [0.1, 0.15) is 29.1 Å². The Kier molecular flexibility index (Phi) is 4.60. The maximum Gasteiger partial charge on any atom is 0.163 e. The zero-order valence-electron chi connectivity index (χ0n) is 12.1. The molecule has 0 radical (unpaired) electrons. The van der Waals surface area contributed by atoms with E-state index in [0.717, 1.165) is 0 Å². The fourth-order valence-corrected chi connectivity index (χ4v) is 2.25. The zero-order valence-corrected chi connectivity index (χ0v) is 12.1. The van der Waals surface area contributed by atoms with Gasteiger partial charge >= 0.3 is 0 Å². The molecule has 1 heterocycles. The van der Waals surface area contributed by atoms with E-state index >= 15 is 0 Å². The lowest BCUT2D eigenvalue weighted by Crippen LogP contribution is -2.20. The second kappa shape index (κ2) is 6.59. The number of aromatic nitrogens is 2. The largest absolute Gasteiger partial charge is 0.381 e. The lowest BCUT2D eigenvalue weighted by Gasteiger charge is -2.20. The Bertz CT molecular complexity index is 752. The lowest BCUT2D eigenvalue weighted by molar-refractivity contribution is 0.622. The molecular formula is C15H15FN6. The molecule has 0 amide bonds. The molecule has 0 fully saturated rings. The molecule has 0 saturated carbocycles. The first-order valence-corrected chi connectivity index (χ1v) is 6.71. The molecule has 7 heteroatoms. The molecular weight excluding hydrogens is 283 g/mol. The minimum Gasteiger partial charge on any atom is -0.381 e. The first kappa shape index (κ1) is 15.3. The SMILES string of the molecule is CN(CCCc1[nH]nc(N)c1C#N)c1cccc(F)c1C#N. The maximum absolute atomic E-state index is 13.6. The normalized spacial score (nSPS) is 10.0. The molecule has 0 unspecified atom stereocenters. The number of nitrogens with zero attached hydrogens (tertiary/aromatic N) is 4. The number of hydrogen-bond acceptors (Lipinski definition) is 5. The van der Waals surface area contributed by atoms with Crippen LogP contribution in [0.4, 0.5) is 15.9 Å². The minimum absolute atomic E-state index is 0.0356. The van der Waals surface area contributed by atoms with E-state index in [-0.39, 0.29) is 11.4 Å². The lowest BCUT2D eigenvalue weighted by atomic mass is 10.1. The second-order valence-electron chi connectivity index (χ2n) is 4.85. The number of halogens is 1. The van der Waals surface area contributed by atoms with Crippen LogP contribution in [-0.2, 0) is 6.42 Å². The van der Waals surface area contributed by atoms with Crippen molar-refractivity contribution in [2.24, 2.45) is 0 Å². The summed E-state index contributed by atoms with van der Waals surface area (Å²) in [5.74, 6) is -0.331. The molecule has 22 heavy (non-hydrogen) atoms. The summed E-state index contributed by atoms with van der Waals surface area (Å²) >= 11 is 0. The molecule has 2 rings (SSSR count). The van der Waals surface area contributed by atoms with Gasteiger partial charge in [-0.15, -0.1) is 0 Å². The van der Waals surface area contributed by atoms with Crippen LogP contribution in [0.5, 0.6) is 0 Å². The van der Waals surface area contributed by atoms with Crippen molar-refractivity contribution < 1.29 is 4.39 Å². The van der Waals surface area contributed by atoms with Gasteiger partial charge in [0.05, 0.1) is 11.4 Å². The standard InChI is InChI=1S/C15H15FN6/c1-22(14-6-2-4-12(16)10(14)8-17)7-3-5-13-11(9-18)15(19)21-20-13/h2,4,6H,3,5,7H2,1H3,(H3,19,20,21). The van der Waals surface area contributed by atoms with Crippen molar-refractivity contribution >= 4 is 11.5 Å². The average molecular weight is 298 g/mol. The molecule has 112 valence electrons. The monoisotopic (exact) mass is 298 g/mol. The third-order valence-electron chi connectivity index (χ3n) is 3.42. The van der Waals surface area contributed by atoms with E-state index in [2.05, 4.69) is 10.2 Å². The van der Waals surface area contributed by atoms with E-state index in [4.69, 9.17) is 16.3 Å². The van der Waals surface area contributed by atoms with Crippen molar-refractivity contribution in [1.82, 2.24) is 10.2 Å². The maximum atomic E-state index is 13.6. The molecule has 0 bridgehead atoms. The van der Waals surface area contributed by atoms with Crippen molar-refractivity contribution in [2.45, 2.75) is 12.8 Å². The number of nitriles is 2. The number of nitrogen functional groups attached to an aromatic ring is 1. The minimum atomic E-state index is -0.528. The van der Waals surface area contributed by atoms with Crippen LogP contribution in [-0.4, -0.2) is 23.8 Å². The highest BCUT2D eigenvalue weighted by molar-refractivity contribution is 5.59. The third-order valence-corrected chi connectivity index (χ3v) is 3.42. The van der Waals surface area contributed by atoms with Crippen LogP contribution < -0.4 is 10.6 Å². The van der Waals surface area contributed by atoms with E-state index in [0.29, 0.717) is 36.3 Å². The number of nitrogens with one attached hydrogen (secondary N) is 1. The zero-order chi connectivity index (χ0) is 16.1. The van der Waals surface area contributed by atoms with Crippen LogP contribution in [0, 0.1) is 28.5 Å². The topological polar surface area (TPSA) is 106 Å². The molecule has 1 aromatic carbocycles. The van der Waals surface area contributed by atoms with Crippen molar-refractivity contribution in [3.63, 3.8) is 0 Å². The summed E-state index contributed by atoms with van der Waals surface area (Å²) in [6.45, 7) is 0.599. The number of anilines is 2. The fourth-order valence-electron chi connectivity index (χ4n) is 2.25. The predicted octanol–water partition coefficient (Wildman–Crippen LogP) is 1.94. The molecule has 3 N–H and O–H groups in total. The fraction of sp³-hybridized carbons (Fsp3) is 0.267. The van der Waals surface area contributed by atoms with Crippen LogP contribution in [0.25, 0.3) is 0 Å². The van der Waals surface area contributed by atoms with Crippen molar-refractivity contribution in [3.05, 3.63) is 40.8 Å². The highest BCUT2D eigenvalue weighted by Gasteiger charge is 2.13. The van der Waals surface area contributed by atoms with Gasteiger partial charge in [-0.25, -0.2) is 4.39 Å². The molecule has 0 aliphatic carbocycles. The van der Waals surface area contributed by atoms with E-state index < -0.39 is 5.82 Å². The number of aryl methyl sites for hydroxylation is 1. The second-order valence-corrected chi connectivity index (χ2v) is 4.85.